The lowest BCUT2D eigenvalue weighted by atomic mass is 10.1. The maximum Gasteiger partial charge on any atom is 0.389 e. The second-order valence-electron chi connectivity index (χ2n) is 9.89. The van der Waals surface area contributed by atoms with E-state index in [0.29, 0.717) is 16.8 Å². The molecule has 0 aliphatic rings. The van der Waals surface area contributed by atoms with Crippen molar-refractivity contribution in [2.75, 3.05) is 5.32 Å². The minimum Gasteiger partial charge on any atom is -0.456 e. The number of alkyl halides is 3. The van der Waals surface area contributed by atoms with Crippen LogP contribution in [0.1, 0.15) is 64.2 Å². The maximum atomic E-state index is 12.9. The Hall–Kier alpha value is -5.01. The van der Waals surface area contributed by atoms with Crippen molar-refractivity contribution in [3.63, 3.8) is 0 Å². The molecule has 0 bridgehead atoms. The molecule has 14 heteroatoms. The summed E-state index contributed by atoms with van der Waals surface area (Å²) in [7, 11) is 0. The number of nitrogens with two attached hydrogens (primary N) is 1. The number of aryl methyl sites for hydroxylation is 1. The first kappa shape index (κ1) is 29.0. The van der Waals surface area contributed by atoms with E-state index in [0.717, 1.165) is 6.26 Å². The molecule has 0 unspecified atom stereocenters. The maximum absolute atomic E-state index is 12.9. The monoisotopic (exact) mass is 570 g/mol. The van der Waals surface area contributed by atoms with Crippen molar-refractivity contribution in [2.45, 2.75) is 45.4 Å². The van der Waals surface area contributed by atoms with Gasteiger partial charge in [0.2, 0.25) is 5.89 Å². The zero-order valence-electron chi connectivity index (χ0n) is 22.2. The number of rotatable bonds is 8. The predicted molar refractivity (Wildman–Crippen MR) is 139 cm³/mol. The Kier molecular flexibility index (Phi) is 7.94. The number of nitrogens with zero attached hydrogens (tertiary/aromatic N) is 4. The molecule has 0 radical (unpaired) electrons. The van der Waals surface area contributed by atoms with E-state index in [4.69, 9.17) is 14.9 Å². The third kappa shape index (κ3) is 7.56. The molecule has 214 valence electrons. The minimum atomic E-state index is -4.33. The fraction of sp³-hybridized carbons (Fsp3) is 0.259. The van der Waals surface area contributed by atoms with Crippen LogP contribution in [0.5, 0.6) is 0 Å². The van der Waals surface area contributed by atoms with Crippen LogP contribution in [0.2, 0.25) is 0 Å². The van der Waals surface area contributed by atoms with Gasteiger partial charge in [-0.05, 0) is 63.6 Å². The summed E-state index contributed by atoms with van der Waals surface area (Å²) in [4.78, 5) is 45.2. The summed E-state index contributed by atoms with van der Waals surface area (Å²) in [5.74, 6) is -2.18. The molecular formula is C27H25F3N6O5. The Morgan fingerprint density at radius 3 is 2.44 bits per heavy atom. The number of hydrogen-bond acceptors (Lipinski definition) is 8. The molecule has 2 amide bonds. The Morgan fingerprint density at radius 1 is 1.10 bits per heavy atom. The van der Waals surface area contributed by atoms with Crippen molar-refractivity contribution in [3.05, 3.63) is 77.7 Å². The van der Waals surface area contributed by atoms with Crippen LogP contribution >= 0.6 is 0 Å². The largest absolute Gasteiger partial charge is 0.456 e. The lowest BCUT2D eigenvalue weighted by molar-refractivity contribution is -0.134. The van der Waals surface area contributed by atoms with E-state index in [1.807, 2.05) is 0 Å². The van der Waals surface area contributed by atoms with Crippen molar-refractivity contribution in [2.24, 2.45) is 5.73 Å². The molecule has 1 aromatic carbocycles. The van der Waals surface area contributed by atoms with Gasteiger partial charge in [0.05, 0.1) is 23.1 Å². The molecule has 0 fully saturated rings. The number of anilines is 1. The fourth-order valence-electron chi connectivity index (χ4n) is 3.58. The van der Waals surface area contributed by atoms with Gasteiger partial charge >= 0.3 is 12.1 Å². The summed E-state index contributed by atoms with van der Waals surface area (Å²) in [5.41, 5.74) is 5.65. The number of esters is 1. The van der Waals surface area contributed by atoms with Gasteiger partial charge in [0.25, 0.3) is 11.8 Å². The molecule has 11 nitrogen and oxygen atoms in total. The number of ether oxygens (including phenoxy) is 1. The molecule has 4 rings (SSSR count). The topological polar surface area (TPSA) is 155 Å². The molecule has 4 aromatic rings. The SMILES string of the molecule is CC(C)(C)OC(=O)c1ccc(-n2cc(NC(=O)c3coc(-c4ccnc(CCC(F)(F)F)c4)n3)c(C(N)=O)n2)cc1. The molecule has 0 saturated carbocycles. The molecule has 0 saturated heterocycles. The highest BCUT2D eigenvalue weighted by atomic mass is 19.4. The van der Waals surface area contributed by atoms with Gasteiger partial charge in [0.15, 0.2) is 11.4 Å². The van der Waals surface area contributed by atoms with Gasteiger partial charge < -0.3 is 20.2 Å². The van der Waals surface area contributed by atoms with Crippen molar-refractivity contribution in [3.8, 4) is 17.1 Å². The first-order chi connectivity index (χ1) is 19.2. The normalized spacial score (nSPS) is 11.8. The Morgan fingerprint density at radius 2 is 1.80 bits per heavy atom. The molecule has 0 aliphatic heterocycles. The van der Waals surface area contributed by atoms with Crippen molar-refractivity contribution in [1.29, 1.82) is 0 Å². The third-order valence-corrected chi connectivity index (χ3v) is 5.43. The van der Waals surface area contributed by atoms with E-state index in [1.54, 1.807) is 32.9 Å². The zero-order valence-corrected chi connectivity index (χ0v) is 22.2. The summed E-state index contributed by atoms with van der Waals surface area (Å²) in [6.45, 7) is 5.26. The van der Waals surface area contributed by atoms with E-state index in [-0.39, 0.29) is 35.1 Å². The highest BCUT2D eigenvalue weighted by molar-refractivity contribution is 6.07. The minimum absolute atomic E-state index is 0.0123. The van der Waals surface area contributed by atoms with Crippen LogP contribution in [0.15, 0.2) is 59.5 Å². The van der Waals surface area contributed by atoms with Crippen LogP contribution < -0.4 is 11.1 Å². The zero-order chi connectivity index (χ0) is 29.9. The van der Waals surface area contributed by atoms with Crippen molar-refractivity contribution in [1.82, 2.24) is 19.7 Å². The van der Waals surface area contributed by atoms with Gasteiger partial charge in [-0.2, -0.15) is 18.3 Å². The number of carbonyl (C=O) groups excluding carboxylic acids is 3. The summed E-state index contributed by atoms with van der Waals surface area (Å²) in [6, 6.07) is 9.07. The number of aromatic nitrogens is 4. The van der Waals surface area contributed by atoms with E-state index >= 15 is 0 Å². The Bertz CT molecular complexity index is 1590. The smallest absolute Gasteiger partial charge is 0.389 e. The number of carbonyl (C=O) groups is 3. The number of hydrogen-bond donors (Lipinski definition) is 2. The van der Waals surface area contributed by atoms with E-state index < -0.39 is 36.0 Å². The first-order valence-electron chi connectivity index (χ1n) is 12.2. The number of benzene rings is 1. The summed E-state index contributed by atoms with van der Waals surface area (Å²) >= 11 is 0. The number of halogens is 3. The molecule has 41 heavy (non-hydrogen) atoms. The van der Waals surface area contributed by atoms with Gasteiger partial charge in [-0.3, -0.25) is 14.6 Å². The molecular weight excluding hydrogens is 545 g/mol. The standard InChI is InChI=1S/C27H25F3N6O5/c1-26(2,3)41-25(39)15-4-6-18(7-5-15)36-13-19(21(35-36)22(31)37)33-23(38)20-14-40-24(34-20)16-9-11-32-17(12-16)8-10-27(28,29)30/h4-7,9,11-14H,8,10H2,1-3H3,(H2,31,37)(H,33,38). The van der Waals surface area contributed by atoms with E-state index in [2.05, 4.69) is 20.4 Å². The summed E-state index contributed by atoms with van der Waals surface area (Å²) < 4.78 is 49.6. The lowest BCUT2D eigenvalue weighted by Crippen LogP contribution is -2.23. The molecule has 3 N–H and O–H groups in total. The van der Waals surface area contributed by atoms with Crippen LogP contribution in [0.25, 0.3) is 17.1 Å². The number of oxazole rings is 1. The number of nitrogens with one attached hydrogen (secondary N) is 1. The molecule has 0 spiro atoms. The average molecular weight is 571 g/mol. The second-order valence-corrected chi connectivity index (χ2v) is 9.89. The van der Waals surface area contributed by atoms with E-state index in [1.165, 1.54) is 41.3 Å². The molecule has 0 atom stereocenters. The number of primary amides is 1. The Balaban J connectivity index is 1.50. The van der Waals surface area contributed by atoms with Gasteiger partial charge in [0.1, 0.15) is 11.9 Å². The molecule has 3 aromatic heterocycles. The van der Waals surface area contributed by atoms with Crippen molar-refractivity contribution < 1.29 is 36.7 Å². The van der Waals surface area contributed by atoms with Gasteiger partial charge in [-0.1, -0.05) is 0 Å². The third-order valence-electron chi connectivity index (χ3n) is 5.43. The fourth-order valence-corrected chi connectivity index (χ4v) is 3.58. The lowest BCUT2D eigenvalue weighted by Gasteiger charge is -2.19. The second kappa shape index (κ2) is 11.2. The van der Waals surface area contributed by atoms with Crippen LogP contribution in [0.4, 0.5) is 18.9 Å². The van der Waals surface area contributed by atoms with Crippen LogP contribution in [0, 0.1) is 0 Å². The van der Waals surface area contributed by atoms with Crippen LogP contribution in [0.3, 0.4) is 0 Å². The number of pyridine rings is 1. The first-order valence-corrected chi connectivity index (χ1v) is 12.2. The van der Waals surface area contributed by atoms with Gasteiger partial charge in [0, 0.05) is 23.9 Å². The van der Waals surface area contributed by atoms with Crippen molar-refractivity contribution >= 4 is 23.5 Å². The summed E-state index contributed by atoms with van der Waals surface area (Å²) in [6.07, 6.45) is -1.95. The average Bonchev–Trinajstić information content (AvgIpc) is 3.55. The van der Waals surface area contributed by atoms with Crippen LogP contribution in [-0.2, 0) is 11.2 Å². The molecule has 0 aliphatic carbocycles. The quantitative estimate of drug-likeness (QED) is 0.288. The predicted octanol–water partition coefficient (Wildman–Crippen LogP) is 4.72. The highest BCUT2D eigenvalue weighted by Crippen LogP contribution is 2.25. The summed E-state index contributed by atoms with van der Waals surface area (Å²) in [5, 5.41) is 6.65. The highest BCUT2D eigenvalue weighted by Gasteiger charge is 2.27. The van der Waals surface area contributed by atoms with Gasteiger partial charge in [-0.25, -0.2) is 14.5 Å². The van der Waals surface area contributed by atoms with Crippen LogP contribution in [-0.4, -0.2) is 49.3 Å². The van der Waals surface area contributed by atoms with E-state index in [9.17, 15) is 27.6 Å². The molecule has 3 heterocycles. The van der Waals surface area contributed by atoms with Gasteiger partial charge in [-0.15, -0.1) is 0 Å². The Labute approximate surface area is 231 Å². The number of amides is 2.